The molecular formula is C19H22N2W. The Balaban J connectivity index is 0.00000242. The Labute approximate surface area is 148 Å². The van der Waals surface area contributed by atoms with Crippen molar-refractivity contribution in [1.29, 1.82) is 0 Å². The van der Waals surface area contributed by atoms with Crippen LogP contribution < -0.4 is 0 Å². The second kappa shape index (κ2) is 7.24. The Kier molecular flexibility index (Phi) is 6.14. The van der Waals surface area contributed by atoms with Gasteiger partial charge in [-0.05, 0) is 12.5 Å². The van der Waals surface area contributed by atoms with Crippen LogP contribution in [0.3, 0.4) is 0 Å². The van der Waals surface area contributed by atoms with Crippen molar-refractivity contribution in [2.75, 3.05) is 0 Å². The van der Waals surface area contributed by atoms with E-state index in [4.69, 9.17) is 5.73 Å². The molecule has 0 spiro atoms. The fourth-order valence-corrected chi connectivity index (χ4v) is 2.30. The predicted octanol–water partition coefficient (Wildman–Crippen LogP) is 5.37. The van der Waals surface area contributed by atoms with Crippen LogP contribution in [0.1, 0.15) is 37.5 Å². The van der Waals surface area contributed by atoms with Crippen molar-refractivity contribution in [1.82, 2.24) is 0 Å². The van der Waals surface area contributed by atoms with E-state index in [1.165, 1.54) is 16.7 Å². The number of rotatable bonds is 2. The molecule has 0 aliphatic rings. The van der Waals surface area contributed by atoms with Gasteiger partial charge in [-0.2, -0.15) is 11.4 Å². The van der Waals surface area contributed by atoms with Gasteiger partial charge in [-0.25, -0.2) is 0 Å². The van der Waals surface area contributed by atoms with Crippen molar-refractivity contribution in [3.8, 4) is 11.1 Å². The van der Waals surface area contributed by atoms with Gasteiger partial charge in [0.25, 0.3) is 0 Å². The van der Waals surface area contributed by atoms with E-state index in [-0.39, 0.29) is 26.6 Å². The summed E-state index contributed by atoms with van der Waals surface area (Å²) in [6, 6.07) is 15.6. The molecule has 0 unspecified atom stereocenters. The molecule has 22 heavy (non-hydrogen) atoms. The first-order valence-electron chi connectivity index (χ1n) is 7.19. The smallest absolute Gasteiger partial charge is 0.527 e. The van der Waals surface area contributed by atoms with Crippen LogP contribution in [0.15, 0.2) is 41.4 Å². The van der Waals surface area contributed by atoms with Gasteiger partial charge in [0.1, 0.15) is 0 Å². The summed E-state index contributed by atoms with van der Waals surface area (Å²) in [7, 11) is 0. The van der Waals surface area contributed by atoms with E-state index in [0.29, 0.717) is 5.84 Å². The first kappa shape index (κ1) is 18.6. The third-order valence-corrected chi connectivity index (χ3v) is 3.28. The van der Waals surface area contributed by atoms with E-state index < -0.39 is 0 Å². The number of hydrogen-bond acceptors (Lipinski definition) is 1. The van der Waals surface area contributed by atoms with Crippen molar-refractivity contribution in [2.24, 2.45) is 4.99 Å². The van der Waals surface area contributed by atoms with Crippen LogP contribution in [0.5, 0.6) is 0 Å². The summed E-state index contributed by atoms with van der Waals surface area (Å²) in [5, 5.41) is 0. The summed E-state index contributed by atoms with van der Waals surface area (Å²) >= 11 is 0. The molecule has 2 aromatic carbocycles. The molecule has 0 fully saturated rings. The zero-order chi connectivity index (χ0) is 15.6. The molecule has 0 saturated carbocycles. The summed E-state index contributed by atoms with van der Waals surface area (Å²) in [5.41, 5.74) is 13.3. The quantitative estimate of drug-likeness (QED) is 0.327. The standard InChI is InChI=1S/C19H22N2.W/c1-13-8-6-7-9-16(13)17-11-10-15(12-14(17)2)18(20)21-19(3,4)5;/h6-11H,1-5H3,(H-,20,21);/q-2;+2. The molecule has 2 aromatic rings. The van der Waals surface area contributed by atoms with Crippen molar-refractivity contribution in [2.45, 2.75) is 40.2 Å². The molecule has 0 aromatic heterocycles. The molecular weight excluding hydrogens is 440 g/mol. The predicted molar refractivity (Wildman–Crippen MR) is 90.8 cm³/mol. The van der Waals surface area contributed by atoms with E-state index in [1.807, 2.05) is 45.9 Å². The van der Waals surface area contributed by atoms with Gasteiger partial charge in [0.2, 0.25) is 0 Å². The largest absolute Gasteiger partial charge is 2.00 e. The molecule has 1 N–H and O–H groups in total. The summed E-state index contributed by atoms with van der Waals surface area (Å²) in [4.78, 5) is 4.39. The molecule has 0 saturated heterocycles. The van der Waals surface area contributed by atoms with Crippen molar-refractivity contribution in [3.63, 3.8) is 0 Å². The van der Waals surface area contributed by atoms with Crippen LogP contribution in [0, 0.1) is 19.9 Å². The van der Waals surface area contributed by atoms with Gasteiger partial charge in [-0.3, -0.25) is 0 Å². The summed E-state index contributed by atoms with van der Waals surface area (Å²) < 4.78 is 0. The van der Waals surface area contributed by atoms with E-state index in [9.17, 15) is 0 Å². The Morgan fingerprint density at radius 1 is 1.00 bits per heavy atom. The Bertz CT molecular complexity index is 682. The number of nitrogens with zero attached hydrogens (tertiary/aromatic N) is 1. The number of benzene rings is 2. The van der Waals surface area contributed by atoms with E-state index in [0.717, 1.165) is 11.1 Å². The molecule has 0 atom stereocenters. The molecule has 0 heterocycles. The minimum absolute atomic E-state index is 0. The molecule has 3 heteroatoms. The Hall–Kier alpha value is -1.40. The number of hydrogen-bond donors (Lipinski definition) is 0. The van der Waals surface area contributed by atoms with Crippen molar-refractivity contribution >= 4 is 5.84 Å². The average Bonchev–Trinajstić information content (AvgIpc) is 2.38. The summed E-state index contributed by atoms with van der Waals surface area (Å²) in [5.74, 6) is 0.293. The maximum absolute atomic E-state index is 8.10. The zero-order valence-corrected chi connectivity index (χ0v) is 16.8. The van der Waals surface area contributed by atoms with Gasteiger partial charge in [0.15, 0.2) is 0 Å². The zero-order valence-electron chi connectivity index (χ0n) is 13.8. The van der Waals surface area contributed by atoms with E-state index in [2.05, 4.69) is 36.2 Å². The Morgan fingerprint density at radius 3 is 2.18 bits per heavy atom. The molecule has 2 nitrogen and oxygen atoms in total. The van der Waals surface area contributed by atoms with Crippen LogP contribution in [0.4, 0.5) is 0 Å². The van der Waals surface area contributed by atoms with Gasteiger partial charge in [-0.1, -0.05) is 68.7 Å². The minimum atomic E-state index is -0.243. The molecule has 0 aliphatic carbocycles. The first-order valence-corrected chi connectivity index (χ1v) is 7.19. The molecule has 0 radical (unpaired) electrons. The maximum atomic E-state index is 8.10. The van der Waals surface area contributed by atoms with Gasteiger partial charge in [-0.15, -0.1) is 23.8 Å². The van der Waals surface area contributed by atoms with E-state index in [1.54, 1.807) is 0 Å². The average molecular weight is 462 g/mol. The minimum Gasteiger partial charge on any atom is -0.527 e. The molecule has 114 valence electrons. The van der Waals surface area contributed by atoms with Crippen LogP contribution in [0.25, 0.3) is 16.9 Å². The summed E-state index contributed by atoms with van der Waals surface area (Å²) in [6.07, 6.45) is 0. The first-order chi connectivity index (χ1) is 9.78. The van der Waals surface area contributed by atoms with Crippen LogP contribution in [-0.4, -0.2) is 11.4 Å². The molecule has 0 bridgehead atoms. The fraction of sp³-hybridized carbons (Fsp3) is 0.316. The van der Waals surface area contributed by atoms with Crippen molar-refractivity contribution in [3.05, 3.63) is 64.9 Å². The van der Waals surface area contributed by atoms with Gasteiger partial charge in [0, 0.05) is 0 Å². The number of aliphatic imine (C=N–C) groups is 1. The topological polar surface area (TPSA) is 36.2 Å². The molecule has 0 amide bonds. The van der Waals surface area contributed by atoms with Crippen LogP contribution in [-0.2, 0) is 21.1 Å². The van der Waals surface area contributed by atoms with Crippen LogP contribution in [0.2, 0.25) is 0 Å². The third kappa shape index (κ3) is 4.55. The molecule has 0 aliphatic heterocycles. The number of aryl methyl sites for hydroxylation is 2. The van der Waals surface area contributed by atoms with Gasteiger partial charge < -0.3 is 10.7 Å². The van der Waals surface area contributed by atoms with E-state index >= 15 is 0 Å². The van der Waals surface area contributed by atoms with Crippen LogP contribution >= 0.6 is 0 Å². The van der Waals surface area contributed by atoms with Crippen molar-refractivity contribution < 1.29 is 21.1 Å². The normalized spacial score (nSPS) is 12.0. The maximum Gasteiger partial charge on any atom is 2.00 e. The Morgan fingerprint density at radius 2 is 1.64 bits per heavy atom. The SMILES string of the molecule is Cc1[c-]c(C([NH-])=NC(C)(C)C)ccc1-c1ccccc1C.[W+2]. The number of amidine groups is 1. The van der Waals surface area contributed by atoms with Gasteiger partial charge in [0.05, 0.1) is 0 Å². The van der Waals surface area contributed by atoms with Gasteiger partial charge >= 0.3 is 21.1 Å². The number of nitrogens with one attached hydrogen (secondary N) is 1. The third-order valence-electron chi connectivity index (χ3n) is 3.28. The second-order valence-corrected chi connectivity index (χ2v) is 6.36. The summed E-state index contributed by atoms with van der Waals surface area (Å²) in [6.45, 7) is 10.1. The monoisotopic (exact) mass is 462 g/mol. The second-order valence-electron chi connectivity index (χ2n) is 6.36. The molecule has 2 rings (SSSR count). The fourth-order valence-electron chi connectivity index (χ4n) is 2.30.